The summed E-state index contributed by atoms with van der Waals surface area (Å²) in [6.45, 7) is 10.0. The molecule has 6 nitrogen and oxygen atoms in total. The molecule has 0 radical (unpaired) electrons. The Hall–Kier alpha value is -2.15. The largest absolute Gasteiger partial charge is 0.339 e. The van der Waals surface area contributed by atoms with Gasteiger partial charge in [0.25, 0.3) is 0 Å². The molecule has 2 aliphatic heterocycles. The highest BCUT2D eigenvalue weighted by atomic mass is 19.1. The molecule has 7 heteroatoms. The van der Waals surface area contributed by atoms with Gasteiger partial charge >= 0.3 is 6.03 Å². The summed E-state index contributed by atoms with van der Waals surface area (Å²) in [6.07, 6.45) is 0. The third-order valence-corrected chi connectivity index (χ3v) is 5.17. The lowest BCUT2D eigenvalue weighted by Crippen LogP contribution is -2.52. The molecule has 2 heterocycles. The summed E-state index contributed by atoms with van der Waals surface area (Å²) in [5, 5.41) is 0. The number of urea groups is 1. The zero-order chi connectivity index (χ0) is 19.4. The van der Waals surface area contributed by atoms with Crippen molar-refractivity contribution in [2.75, 3.05) is 52.4 Å². The molecule has 3 amide bonds. The minimum Gasteiger partial charge on any atom is -0.339 e. The summed E-state index contributed by atoms with van der Waals surface area (Å²) in [5.74, 6) is 0.314. The highest BCUT2D eigenvalue weighted by Gasteiger charge is 2.32. The van der Waals surface area contributed by atoms with Crippen LogP contribution in [0.25, 0.3) is 0 Å². The van der Waals surface area contributed by atoms with E-state index in [1.807, 2.05) is 4.90 Å². The number of amides is 3. The highest BCUT2D eigenvalue weighted by Crippen LogP contribution is 2.16. The van der Waals surface area contributed by atoms with Crippen LogP contribution in [0.15, 0.2) is 24.3 Å². The molecule has 2 fully saturated rings. The number of rotatable bonds is 6. The molecular weight excluding hydrogens is 347 g/mol. The Morgan fingerprint density at radius 1 is 1.04 bits per heavy atom. The van der Waals surface area contributed by atoms with Crippen LogP contribution in [-0.4, -0.2) is 83.9 Å². The van der Waals surface area contributed by atoms with Crippen LogP contribution in [0.5, 0.6) is 0 Å². The molecule has 3 rings (SSSR count). The monoisotopic (exact) mass is 376 g/mol. The quantitative estimate of drug-likeness (QED) is 0.761. The van der Waals surface area contributed by atoms with Crippen LogP contribution in [-0.2, 0) is 11.3 Å². The fourth-order valence-electron chi connectivity index (χ4n) is 3.72. The molecule has 0 saturated carbocycles. The van der Waals surface area contributed by atoms with E-state index in [0.29, 0.717) is 37.7 Å². The van der Waals surface area contributed by atoms with Crippen molar-refractivity contribution < 1.29 is 14.0 Å². The molecule has 1 aromatic carbocycles. The van der Waals surface area contributed by atoms with Gasteiger partial charge in [0.15, 0.2) is 0 Å². The molecule has 2 aliphatic rings. The van der Waals surface area contributed by atoms with E-state index in [1.165, 1.54) is 6.07 Å². The molecular formula is C20H29FN4O2. The molecule has 27 heavy (non-hydrogen) atoms. The number of hydrogen-bond donors (Lipinski definition) is 0. The molecule has 0 atom stereocenters. The fraction of sp³-hybridized carbons (Fsp3) is 0.600. The normalized spacial score (nSPS) is 18.7. The second kappa shape index (κ2) is 8.69. The van der Waals surface area contributed by atoms with Gasteiger partial charge in [-0.25, -0.2) is 9.18 Å². The molecule has 0 unspecified atom stereocenters. The van der Waals surface area contributed by atoms with Gasteiger partial charge in [-0.05, 0) is 12.0 Å². The first-order valence-electron chi connectivity index (χ1n) is 9.71. The number of benzene rings is 1. The van der Waals surface area contributed by atoms with Crippen molar-refractivity contribution in [2.45, 2.75) is 20.4 Å². The van der Waals surface area contributed by atoms with E-state index in [2.05, 4.69) is 18.7 Å². The van der Waals surface area contributed by atoms with E-state index in [1.54, 1.807) is 28.0 Å². The van der Waals surface area contributed by atoms with Crippen molar-refractivity contribution >= 4 is 11.9 Å². The van der Waals surface area contributed by atoms with E-state index in [0.717, 1.165) is 19.6 Å². The SMILES string of the molecule is CC(C)CN1CCN(C(=O)CN2CCN(Cc3ccccc3F)C2=O)CC1. The van der Waals surface area contributed by atoms with Gasteiger partial charge < -0.3 is 14.7 Å². The summed E-state index contributed by atoms with van der Waals surface area (Å²) >= 11 is 0. The second-order valence-corrected chi connectivity index (χ2v) is 7.79. The van der Waals surface area contributed by atoms with Crippen LogP contribution >= 0.6 is 0 Å². The van der Waals surface area contributed by atoms with Crippen LogP contribution in [0.4, 0.5) is 9.18 Å². The third-order valence-electron chi connectivity index (χ3n) is 5.17. The smallest absolute Gasteiger partial charge is 0.320 e. The van der Waals surface area contributed by atoms with Crippen LogP contribution in [0.3, 0.4) is 0 Å². The Kier molecular flexibility index (Phi) is 6.31. The van der Waals surface area contributed by atoms with Gasteiger partial charge in [-0.15, -0.1) is 0 Å². The second-order valence-electron chi connectivity index (χ2n) is 7.79. The number of hydrogen-bond acceptors (Lipinski definition) is 3. The van der Waals surface area contributed by atoms with E-state index < -0.39 is 0 Å². The van der Waals surface area contributed by atoms with Gasteiger partial charge in [0.1, 0.15) is 12.4 Å². The van der Waals surface area contributed by atoms with E-state index in [4.69, 9.17) is 0 Å². The molecule has 0 N–H and O–H groups in total. The lowest BCUT2D eigenvalue weighted by Gasteiger charge is -2.36. The number of halogens is 1. The Labute approximate surface area is 160 Å². The summed E-state index contributed by atoms with van der Waals surface area (Å²) in [6, 6.07) is 6.30. The van der Waals surface area contributed by atoms with Crippen molar-refractivity contribution in [3.8, 4) is 0 Å². The Balaban J connectivity index is 1.48. The van der Waals surface area contributed by atoms with Gasteiger partial charge in [-0.3, -0.25) is 9.69 Å². The van der Waals surface area contributed by atoms with Gasteiger partial charge in [0, 0.05) is 51.4 Å². The van der Waals surface area contributed by atoms with E-state index in [-0.39, 0.29) is 30.8 Å². The maximum absolute atomic E-state index is 13.8. The predicted octanol–water partition coefficient (Wildman–Crippen LogP) is 1.86. The van der Waals surface area contributed by atoms with Crippen molar-refractivity contribution in [2.24, 2.45) is 5.92 Å². The summed E-state index contributed by atoms with van der Waals surface area (Å²) in [7, 11) is 0. The molecule has 148 valence electrons. The average molecular weight is 376 g/mol. The minimum absolute atomic E-state index is 0.000267. The summed E-state index contributed by atoms with van der Waals surface area (Å²) < 4.78 is 13.8. The zero-order valence-electron chi connectivity index (χ0n) is 16.2. The van der Waals surface area contributed by atoms with Crippen LogP contribution in [0.2, 0.25) is 0 Å². The summed E-state index contributed by atoms with van der Waals surface area (Å²) in [5.41, 5.74) is 0.500. The van der Waals surface area contributed by atoms with Crippen LogP contribution in [0.1, 0.15) is 19.4 Å². The number of piperazine rings is 1. The Morgan fingerprint density at radius 3 is 2.37 bits per heavy atom. The predicted molar refractivity (Wildman–Crippen MR) is 102 cm³/mol. The van der Waals surface area contributed by atoms with Crippen LogP contribution in [0, 0.1) is 11.7 Å². The maximum atomic E-state index is 13.8. The first-order valence-corrected chi connectivity index (χ1v) is 9.71. The lowest BCUT2D eigenvalue weighted by atomic mass is 10.2. The molecule has 0 spiro atoms. The number of carbonyl (C=O) groups is 2. The van der Waals surface area contributed by atoms with Crippen molar-refractivity contribution in [1.82, 2.24) is 19.6 Å². The Morgan fingerprint density at radius 2 is 1.70 bits per heavy atom. The lowest BCUT2D eigenvalue weighted by molar-refractivity contribution is -0.133. The first-order chi connectivity index (χ1) is 12.9. The van der Waals surface area contributed by atoms with Crippen molar-refractivity contribution in [3.63, 3.8) is 0 Å². The standard InChI is InChI=1S/C20H29FN4O2/c1-16(2)13-22-7-9-23(10-8-22)19(26)15-25-12-11-24(20(25)27)14-17-5-3-4-6-18(17)21/h3-6,16H,7-15H2,1-2H3. The number of nitrogens with zero attached hydrogens (tertiary/aromatic N) is 4. The number of carbonyl (C=O) groups excluding carboxylic acids is 2. The van der Waals surface area contributed by atoms with Gasteiger partial charge in [0.05, 0.1) is 6.54 Å². The third kappa shape index (κ3) is 4.97. The van der Waals surface area contributed by atoms with Gasteiger partial charge in [0.2, 0.25) is 5.91 Å². The molecule has 0 aliphatic carbocycles. The minimum atomic E-state index is -0.306. The van der Waals surface area contributed by atoms with Gasteiger partial charge in [-0.2, -0.15) is 0 Å². The first kappa shape index (κ1) is 19.6. The molecule has 1 aromatic rings. The van der Waals surface area contributed by atoms with E-state index in [9.17, 15) is 14.0 Å². The zero-order valence-corrected chi connectivity index (χ0v) is 16.2. The Bertz CT molecular complexity index is 674. The molecule has 0 bridgehead atoms. The highest BCUT2D eigenvalue weighted by molar-refractivity contribution is 5.85. The van der Waals surface area contributed by atoms with Gasteiger partial charge in [-0.1, -0.05) is 32.0 Å². The summed E-state index contributed by atoms with van der Waals surface area (Å²) in [4.78, 5) is 32.6. The fourth-order valence-corrected chi connectivity index (χ4v) is 3.72. The molecule has 0 aromatic heterocycles. The molecule has 2 saturated heterocycles. The van der Waals surface area contributed by atoms with Crippen molar-refractivity contribution in [3.05, 3.63) is 35.6 Å². The van der Waals surface area contributed by atoms with Crippen LogP contribution < -0.4 is 0 Å². The maximum Gasteiger partial charge on any atom is 0.320 e. The topological polar surface area (TPSA) is 47.1 Å². The van der Waals surface area contributed by atoms with Crippen molar-refractivity contribution in [1.29, 1.82) is 0 Å². The van der Waals surface area contributed by atoms with E-state index >= 15 is 0 Å². The average Bonchev–Trinajstić information content (AvgIpc) is 2.97.